The van der Waals surface area contributed by atoms with Crippen LogP contribution in [-0.2, 0) is 4.79 Å². The standard InChI is InChI=1S/C19H20N2O2S2/c1-12-6-7-16(24-12)17(21-10-8-13(9-11-21)19(22)23)18-20-14-4-2-3-5-15(14)25-18/h2-7,13,17H,8-11H2,1H3,(H,22,23). The largest absolute Gasteiger partial charge is 0.481 e. The molecule has 0 radical (unpaired) electrons. The van der Waals surface area contributed by atoms with E-state index in [0.717, 1.165) is 23.6 Å². The zero-order chi connectivity index (χ0) is 17.4. The van der Waals surface area contributed by atoms with Crippen molar-refractivity contribution in [1.29, 1.82) is 0 Å². The number of benzene rings is 1. The lowest BCUT2D eigenvalue weighted by molar-refractivity contribution is -0.143. The van der Waals surface area contributed by atoms with E-state index in [2.05, 4.69) is 36.1 Å². The SMILES string of the molecule is Cc1ccc(C(c2nc3ccccc3s2)N2CCC(C(=O)O)CC2)s1. The van der Waals surface area contributed by atoms with Crippen LogP contribution in [0.15, 0.2) is 36.4 Å². The third-order valence-corrected chi connectivity index (χ3v) is 6.96. The Kier molecular flexibility index (Phi) is 4.58. The van der Waals surface area contributed by atoms with Gasteiger partial charge in [-0.05, 0) is 57.1 Å². The number of rotatable bonds is 4. The van der Waals surface area contributed by atoms with Gasteiger partial charge in [-0.3, -0.25) is 9.69 Å². The molecule has 1 unspecified atom stereocenters. The Balaban J connectivity index is 1.69. The minimum absolute atomic E-state index is 0.130. The van der Waals surface area contributed by atoms with Crippen LogP contribution in [0.4, 0.5) is 0 Å². The van der Waals surface area contributed by atoms with Crippen molar-refractivity contribution in [2.45, 2.75) is 25.8 Å². The van der Waals surface area contributed by atoms with Gasteiger partial charge in [0.25, 0.3) is 0 Å². The number of carbonyl (C=O) groups is 1. The molecule has 0 amide bonds. The number of likely N-dealkylation sites (tertiary alicyclic amines) is 1. The van der Waals surface area contributed by atoms with E-state index in [1.54, 1.807) is 11.3 Å². The molecule has 0 bridgehead atoms. The molecule has 1 aromatic carbocycles. The summed E-state index contributed by atoms with van der Waals surface area (Å²) < 4.78 is 1.20. The highest BCUT2D eigenvalue weighted by Gasteiger charge is 2.32. The molecule has 25 heavy (non-hydrogen) atoms. The van der Waals surface area contributed by atoms with Gasteiger partial charge in [-0.1, -0.05) is 12.1 Å². The van der Waals surface area contributed by atoms with Crippen LogP contribution in [0.1, 0.15) is 33.6 Å². The summed E-state index contributed by atoms with van der Waals surface area (Å²) in [7, 11) is 0. The number of thiazole rings is 1. The number of aryl methyl sites for hydroxylation is 1. The van der Waals surface area contributed by atoms with E-state index in [1.165, 1.54) is 14.5 Å². The first-order valence-corrected chi connectivity index (χ1v) is 10.1. The maximum absolute atomic E-state index is 11.3. The minimum Gasteiger partial charge on any atom is -0.481 e. The average Bonchev–Trinajstić information content (AvgIpc) is 3.22. The third kappa shape index (κ3) is 3.34. The van der Waals surface area contributed by atoms with Gasteiger partial charge in [0.05, 0.1) is 22.2 Å². The molecule has 4 nitrogen and oxygen atoms in total. The molecule has 3 aromatic rings. The van der Waals surface area contributed by atoms with E-state index in [9.17, 15) is 9.90 Å². The van der Waals surface area contributed by atoms with Crippen molar-refractivity contribution >= 4 is 38.9 Å². The minimum atomic E-state index is -0.664. The predicted octanol–water partition coefficient (Wildman–Crippen LogP) is 4.55. The topological polar surface area (TPSA) is 53.4 Å². The Morgan fingerprint density at radius 1 is 1.20 bits per heavy atom. The van der Waals surface area contributed by atoms with Gasteiger partial charge in [0.2, 0.25) is 0 Å². The summed E-state index contributed by atoms with van der Waals surface area (Å²) in [5.41, 5.74) is 1.04. The quantitative estimate of drug-likeness (QED) is 0.730. The molecule has 0 saturated carbocycles. The van der Waals surface area contributed by atoms with E-state index >= 15 is 0 Å². The van der Waals surface area contributed by atoms with Crippen LogP contribution in [-0.4, -0.2) is 34.0 Å². The molecular formula is C19H20N2O2S2. The second-order valence-corrected chi connectivity index (χ2v) is 8.90. The molecule has 1 aliphatic heterocycles. The van der Waals surface area contributed by atoms with Gasteiger partial charge < -0.3 is 5.11 Å². The van der Waals surface area contributed by atoms with Crippen molar-refractivity contribution in [1.82, 2.24) is 9.88 Å². The Morgan fingerprint density at radius 2 is 1.96 bits per heavy atom. The number of thiophene rings is 1. The van der Waals surface area contributed by atoms with Crippen molar-refractivity contribution in [2.75, 3.05) is 13.1 Å². The van der Waals surface area contributed by atoms with Crippen LogP contribution in [0.3, 0.4) is 0 Å². The van der Waals surface area contributed by atoms with Crippen LogP contribution < -0.4 is 0 Å². The summed E-state index contributed by atoms with van der Waals surface area (Å²) in [4.78, 5) is 21.2. The maximum atomic E-state index is 11.3. The van der Waals surface area contributed by atoms with Gasteiger partial charge in [-0.2, -0.15) is 0 Å². The van der Waals surface area contributed by atoms with Crippen molar-refractivity contribution in [3.63, 3.8) is 0 Å². The molecule has 0 aliphatic carbocycles. The molecule has 2 aromatic heterocycles. The highest BCUT2D eigenvalue weighted by molar-refractivity contribution is 7.19. The fourth-order valence-electron chi connectivity index (χ4n) is 3.47. The maximum Gasteiger partial charge on any atom is 0.306 e. The Bertz CT molecular complexity index is 861. The number of aliphatic carboxylic acids is 1. The monoisotopic (exact) mass is 372 g/mol. The fraction of sp³-hybridized carbons (Fsp3) is 0.368. The molecular weight excluding hydrogens is 352 g/mol. The number of hydrogen-bond acceptors (Lipinski definition) is 5. The first-order chi connectivity index (χ1) is 12.1. The molecule has 1 aliphatic rings. The summed E-state index contributed by atoms with van der Waals surface area (Å²) in [6.45, 7) is 3.73. The second-order valence-electron chi connectivity index (χ2n) is 6.52. The zero-order valence-corrected chi connectivity index (χ0v) is 15.6. The molecule has 1 atom stereocenters. The molecule has 130 valence electrons. The summed E-state index contributed by atoms with van der Waals surface area (Å²) in [6, 6.07) is 12.7. The molecule has 1 N–H and O–H groups in total. The summed E-state index contributed by atoms with van der Waals surface area (Å²) in [5.74, 6) is -0.875. The van der Waals surface area contributed by atoms with Gasteiger partial charge in [0.15, 0.2) is 0 Å². The molecule has 3 heterocycles. The van der Waals surface area contributed by atoms with Gasteiger partial charge in [0, 0.05) is 9.75 Å². The number of carboxylic acids is 1. The number of fused-ring (bicyclic) bond motifs is 1. The summed E-state index contributed by atoms with van der Waals surface area (Å²) in [5, 5.41) is 10.4. The number of nitrogens with zero attached hydrogens (tertiary/aromatic N) is 2. The van der Waals surface area contributed by atoms with Gasteiger partial charge in [0.1, 0.15) is 5.01 Å². The van der Waals surface area contributed by atoms with E-state index in [-0.39, 0.29) is 12.0 Å². The molecule has 6 heteroatoms. The van der Waals surface area contributed by atoms with Crippen LogP contribution in [0.25, 0.3) is 10.2 Å². The fourth-order valence-corrected chi connectivity index (χ4v) is 5.68. The Morgan fingerprint density at radius 3 is 2.60 bits per heavy atom. The van der Waals surface area contributed by atoms with Crippen molar-refractivity contribution in [3.05, 3.63) is 51.2 Å². The third-order valence-electron chi connectivity index (χ3n) is 4.82. The smallest absolute Gasteiger partial charge is 0.306 e. The van der Waals surface area contributed by atoms with E-state index < -0.39 is 5.97 Å². The summed E-state index contributed by atoms with van der Waals surface area (Å²) in [6.07, 6.45) is 1.42. The van der Waals surface area contributed by atoms with E-state index in [1.807, 2.05) is 23.5 Å². The lowest BCUT2D eigenvalue weighted by atomic mass is 9.96. The van der Waals surface area contributed by atoms with Crippen LogP contribution >= 0.6 is 22.7 Å². The summed E-state index contributed by atoms with van der Waals surface area (Å²) >= 11 is 3.56. The highest BCUT2D eigenvalue weighted by Crippen LogP contribution is 2.39. The number of para-hydroxylation sites is 1. The Hall–Kier alpha value is -1.76. The second kappa shape index (κ2) is 6.86. The van der Waals surface area contributed by atoms with Crippen LogP contribution in [0.2, 0.25) is 0 Å². The lowest BCUT2D eigenvalue weighted by Crippen LogP contribution is -2.38. The van der Waals surface area contributed by atoms with E-state index in [4.69, 9.17) is 4.98 Å². The first-order valence-electron chi connectivity index (χ1n) is 8.50. The van der Waals surface area contributed by atoms with Crippen LogP contribution in [0, 0.1) is 12.8 Å². The first kappa shape index (κ1) is 16.7. The van der Waals surface area contributed by atoms with Gasteiger partial charge in [-0.25, -0.2) is 4.98 Å². The molecule has 1 saturated heterocycles. The number of hydrogen-bond donors (Lipinski definition) is 1. The van der Waals surface area contributed by atoms with Gasteiger partial charge >= 0.3 is 5.97 Å². The van der Waals surface area contributed by atoms with E-state index in [0.29, 0.717) is 12.8 Å². The highest BCUT2D eigenvalue weighted by atomic mass is 32.1. The predicted molar refractivity (Wildman–Crippen MR) is 102 cm³/mol. The molecule has 0 spiro atoms. The molecule has 4 rings (SSSR count). The zero-order valence-electron chi connectivity index (χ0n) is 14.0. The number of carboxylic acid groups (broad SMARTS) is 1. The van der Waals surface area contributed by atoms with Crippen molar-refractivity contribution < 1.29 is 9.90 Å². The molecule has 1 fully saturated rings. The Labute approximate surface area is 154 Å². The van der Waals surface area contributed by atoms with Crippen molar-refractivity contribution in [3.8, 4) is 0 Å². The van der Waals surface area contributed by atoms with Crippen molar-refractivity contribution in [2.24, 2.45) is 5.92 Å². The van der Waals surface area contributed by atoms with Gasteiger partial charge in [-0.15, -0.1) is 22.7 Å². The average molecular weight is 373 g/mol. The lowest BCUT2D eigenvalue weighted by Gasteiger charge is -2.35. The normalized spacial score (nSPS) is 17.8. The van der Waals surface area contributed by atoms with Crippen LogP contribution in [0.5, 0.6) is 0 Å². The number of piperidine rings is 1. The number of aromatic nitrogens is 1.